The van der Waals surface area contributed by atoms with E-state index >= 15 is 0 Å². The summed E-state index contributed by atoms with van der Waals surface area (Å²) < 4.78 is 31.2. The average molecular weight is 358 g/mol. The van der Waals surface area contributed by atoms with Gasteiger partial charge in [0.15, 0.2) is 4.67 Å². The lowest BCUT2D eigenvalue weighted by Gasteiger charge is -2.22. The average Bonchev–Trinajstić information content (AvgIpc) is 2.70. The molecule has 0 aromatic carbocycles. The molecule has 0 amide bonds. The van der Waals surface area contributed by atoms with Gasteiger partial charge < -0.3 is 9.52 Å². The first-order valence-electron chi connectivity index (χ1n) is 5.20. The van der Waals surface area contributed by atoms with Gasteiger partial charge in [-0.1, -0.05) is 0 Å². The lowest BCUT2D eigenvalue weighted by Crippen LogP contribution is -2.36. The molecule has 104 valence electrons. The molecule has 1 atom stereocenters. The highest BCUT2D eigenvalue weighted by Crippen LogP contribution is 2.29. The maximum absolute atomic E-state index is 12.3. The molecule has 0 fully saturated rings. The molecule has 0 aliphatic rings. The lowest BCUT2D eigenvalue weighted by atomic mass is 10.4. The van der Waals surface area contributed by atoms with Crippen LogP contribution in [0.1, 0.15) is 12.7 Å². The van der Waals surface area contributed by atoms with Crippen LogP contribution in [-0.4, -0.2) is 42.9 Å². The van der Waals surface area contributed by atoms with Crippen LogP contribution in [0, 0.1) is 0 Å². The number of nitrogens with zero attached hydrogens (tertiary/aromatic N) is 1. The van der Waals surface area contributed by atoms with Gasteiger partial charge in [-0.15, -0.1) is 0 Å². The molecule has 18 heavy (non-hydrogen) atoms. The third-order valence-corrected chi connectivity index (χ3v) is 6.19. The molecular formula is C10H16BrNO4S2. The smallest absolute Gasteiger partial charge is 0.247 e. The number of rotatable bonds is 6. The number of thioether (sulfide) groups is 1. The molecule has 0 aliphatic heterocycles. The quantitative estimate of drug-likeness (QED) is 0.841. The molecule has 0 spiro atoms. The van der Waals surface area contributed by atoms with E-state index in [9.17, 15) is 8.42 Å². The molecule has 8 heteroatoms. The van der Waals surface area contributed by atoms with Gasteiger partial charge >= 0.3 is 0 Å². The lowest BCUT2D eigenvalue weighted by molar-refractivity contribution is 0.245. The molecule has 0 saturated carbocycles. The highest BCUT2D eigenvalue weighted by atomic mass is 79.9. The van der Waals surface area contributed by atoms with E-state index < -0.39 is 10.0 Å². The zero-order valence-corrected chi connectivity index (χ0v) is 13.6. The summed E-state index contributed by atoms with van der Waals surface area (Å²) >= 11 is 4.64. The van der Waals surface area contributed by atoms with E-state index in [-0.39, 0.29) is 28.0 Å². The van der Waals surface area contributed by atoms with E-state index in [1.807, 2.05) is 13.2 Å². The number of hydrogen-bond donors (Lipinski definition) is 1. The van der Waals surface area contributed by atoms with Gasteiger partial charge in [-0.2, -0.15) is 16.1 Å². The Hall–Kier alpha value is -0.0200. The van der Waals surface area contributed by atoms with Crippen LogP contribution < -0.4 is 0 Å². The summed E-state index contributed by atoms with van der Waals surface area (Å²) in [5.41, 5.74) is 0. The molecule has 0 radical (unpaired) electrons. The van der Waals surface area contributed by atoms with Crippen LogP contribution in [0.2, 0.25) is 0 Å². The molecular weight excluding hydrogens is 342 g/mol. The Kier molecular flexibility index (Phi) is 5.72. The van der Waals surface area contributed by atoms with E-state index in [4.69, 9.17) is 9.52 Å². The summed E-state index contributed by atoms with van der Waals surface area (Å²) in [7, 11) is -2.08. The zero-order valence-electron chi connectivity index (χ0n) is 10.4. The van der Waals surface area contributed by atoms with Crippen LogP contribution in [0.25, 0.3) is 0 Å². The minimum atomic E-state index is -3.61. The summed E-state index contributed by atoms with van der Waals surface area (Å²) in [6.45, 7) is 1.51. The maximum atomic E-state index is 12.3. The Labute approximate surface area is 120 Å². The van der Waals surface area contributed by atoms with Gasteiger partial charge in [0, 0.05) is 24.9 Å². The third-order valence-electron chi connectivity index (χ3n) is 2.55. The first-order chi connectivity index (χ1) is 8.34. The predicted octanol–water partition coefficient (Wildman–Crippen LogP) is 1.91. The van der Waals surface area contributed by atoms with Crippen LogP contribution in [0.3, 0.4) is 0 Å². The van der Waals surface area contributed by atoms with Crippen molar-refractivity contribution in [1.82, 2.24) is 4.31 Å². The number of halogens is 1. The van der Waals surface area contributed by atoms with E-state index in [0.29, 0.717) is 5.75 Å². The monoisotopic (exact) mass is 357 g/mol. The standard InChI is InChI=1S/C10H16BrNO4S2/c1-7(6-17-3)12(2)18(14,15)9-4-8(5-13)16-10(9)11/h4,7,13H,5-6H2,1-3H3. The Morgan fingerprint density at radius 1 is 1.61 bits per heavy atom. The van der Waals surface area contributed by atoms with Crippen LogP contribution in [-0.2, 0) is 16.6 Å². The second-order valence-corrected chi connectivity index (χ2v) is 7.43. The topological polar surface area (TPSA) is 70.8 Å². The van der Waals surface area contributed by atoms with Gasteiger partial charge in [0.2, 0.25) is 10.0 Å². The number of aliphatic hydroxyl groups is 1. The molecule has 0 aliphatic carbocycles. The zero-order chi connectivity index (χ0) is 13.9. The summed E-state index contributed by atoms with van der Waals surface area (Å²) in [5, 5.41) is 8.95. The summed E-state index contributed by atoms with van der Waals surface area (Å²) in [5.74, 6) is 0.921. The van der Waals surface area contributed by atoms with E-state index in [2.05, 4.69) is 15.9 Å². The molecule has 1 heterocycles. The Morgan fingerprint density at radius 3 is 2.67 bits per heavy atom. The SMILES string of the molecule is CSCC(C)N(C)S(=O)(=O)c1cc(CO)oc1Br. The summed E-state index contributed by atoms with van der Waals surface area (Å²) in [4.78, 5) is 0.0435. The minimum absolute atomic E-state index is 0.0435. The number of hydrogen-bond acceptors (Lipinski definition) is 5. The third kappa shape index (κ3) is 3.30. The molecule has 0 saturated heterocycles. The van der Waals surface area contributed by atoms with Crippen molar-refractivity contribution in [3.8, 4) is 0 Å². The fraction of sp³-hybridized carbons (Fsp3) is 0.600. The normalized spacial score (nSPS) is 14.1. The second kappa shape index (κ2) is 6.42. The van der Waals surface area contributed by atoms with Crippen LogP contribution >= 0.6 is 27.7 Å². The molecule has 1 aromatic rings. The molecule has 1 unspecified atom stereocenters. The number of aliphatic hydroxyl groups excluding tert-OH is 1. The molecule has 1 N–H and O–H groups in total. The summed E-state index contributed by atoms with van der Waals surface area (Å²) in [6, 6.07) is 1.21. The fourth-order valence-corrected chi connectivity index (χ4v) is 4.51. The van der Waals surface area contributed by atoms with Crippen molar-refractivity contribution < 1.29 is 17.9 Å². The van der Waals surface area contributed by atoms with Gasteiger partial charge in [0.1, 0.15) is 17.3 Å². The number of sulfonamides is 1. The fourth-order valence-electron chi connectivity index (χ4n) is 1.39. The van der Waals surface area contributed by atoms with E-state index in [1.54, 1.807) is 11.8 Å². The largest absolute Gasteiger partial charge is 0.450 e. The molecule has 1 aromatic heterocycles. The van der Waals surface area contributed by atoms with Crippen molar-refractivity contribution in [2.24, 2.45) is 0 Å². The van der Waals surface area contributed by atoms with Crippen LogP contribution in [0.4, 0.5) is 0 Å². The van der Waals surface area contributed by atoms with Crippen molar-refractivity contribution in [2.75, 3.05) is 19.1 Å². The summed E-state index contributed by atoms with van der Waals surface area (Å²) in [6.07, 6.45) is 1.93. The molecule has 5 nitrogen and oxygen atoms in total. The molecule has 1 rings (SSSR count). The van der Waals surface area contributed by atoms with Gasteiger partial charge in [-0.05, 0) is 29.1 Å². The van der Waals surface area contributed by atoms with Crippen molar-refractivity contribution in [3.63, 3.8) is 0 Å². The van der Waals surface area contributed by atoms with Gasteiger partial charge in [0.05, 0.1) is 0 Å². The Balaban J connectivity index is 3.08. The van der Waals surface area contributed by atoms with Gasteiger partial charge in [0.25, 0.3) is 0 Å². The highest BCUT2D eigenvalue weighted by molar-refractivity contribution is 9.10. The van der Waals surface area contributed by atoms with Gasteiger partial charge in [-0.3, -0.25) is 0 Å². The van der Waals surface area contributed by atoms with Crippen molar-refractivity contribution in [2.45, 2.75) is 24.5 Å². The first-order valence-corrected chi connectivity index (χ1v) is 8.83. The predicted molar refractivity (Wildman–Crippen MR) is 75.1 cm³/mol. The highest BCUT2D eigenvalue weighted by Gasteiger charge is 2.29. The van der Waals surface area contributed by atoms with Crippen LogP contribution in [0.15, 0.2) is 20.0 Å². The first kappa shape index (κ1) is 16.0. The van der Waals surface area contributed by atoms with E-state index in [1.165, 1.54) is 17.4 Å². The van der Waals surface area contributed by atoms with Crippen molar-refractivity contribution in [3.05, 3.63) is 16.5 Å². The van der Waals surface area contributed by atoms with Crippen LogP contribution in [0.5, 0.6) is 0 Å². The van der Waals surface area contributed by atoms with E-state index in [0.717, 1.165) is 0 Å². The maximum Gasteiger partial charge on any atom is 0.247 e. The Morgan fingerprint density at radius 2 is 2.22 bits per heavy atom. The molecule has 0 bridgehead atoms. The minimum Gasteiger partial charge on any atom is -0.450 e. The van der Waals surface area contributed by atoms with Gasteiger partial charge in [-0.25, -0.2) is 8.42 Å². The van der Waals surface area contributed by atoms with Crippen molar-refractivity contribution >= 4 is 37.7 Å². The van der Waals surface area contributed by atoms with Crippen molar-refractivity contribution in [1.29, 1.82) is 0 Å². The second-order valence-electron chi connectivity index (χ2n) is 3.83. The number of furan rings is 1. The Bertz CT molecular complexity index is 500.